The van der Waals surface area contributed by atoms with Crippen LogP contribution in [-0.4, -0.2) is 98.5 Å². The molecular formula is C21H40N4O4. The molecule has 3 aliphatic rings. The minimum absolute atomic E-state index is 0. The first-order valence-corrected chi connectivity index (χ1v) is 11.0. The highest BCUT2D eigenvalue weighted by Crippen LogP contribution is 2.45. The number of piperidine rings is 1. The molecule has 0 aromatic heterocycles. The van der Waals surface area contributed by atoms with Crippen molar-refractivity contribution < 1.29 is 20.5 Å². The molecule has 2 saturated heterocycles. The summed E-state index contributed by atoms with van der Waals surface area (Å²) in [6.45, 7) is 6.94. The molecule has 0 unspecified atom stereocenters. The van der Waals surface area contributed by atoms with Crippen LogP contribution in [0.5, 0.6) is 0 Å². The Morgan fingerprint density at radius 1 is 1.31 bits per heavy atom. The van der Waals surface area contributed by atoms with E-state index in [9.17, 15) is 9.59 Å². The highest BCUT2D eigenvalue weighted by Gasteiger charge is 2.49. The van der Waals surface area contributed by atoms with Gasteiger partial charge >= 0.3 is 6.03 Å². The van der Waals surface area contributed by atoms with Crippen LogP contribution in [0, 0.1) is 11.8 Å². The van der Waals surface area contributed by atoms with Crippen LogP contribution in [0.15, 0.2) is 0 Å². The van der Waals surface area contributed by atoms with Crippen LogP contribution >= 0.6 is 0 Å². The molecule has 0 radical (unpaired) electrons. The zero-order valence-corrected chi connectivity index (χ0v) is 18.6. The molecule has 0 aromatic carbocycles. The van der Waals surface area contributed by atoms with Crippen molar-refractivity contribution >= 4 is 11.9 Å². The number of carbonyl (C=O) groups is 2. The van der Waals surface area contributed by atoms with Gasteiger partial charge in [0, 0.05) is 46.0 Å². The lowest BCUT2D eigenvalue weighted by atomic mass is 9.72. The van der Waals surface area contributed by atoms with Gasteiger partial charge in [-0.05, 0) is 53.8 Å². The minimum Gasteiger partial charge on any atom is -0.348 e. The third-order valence-electron chi connectivity index (χ3n) is 6.60. The second-order valence-corrected chi connectivity index (χ2v) is 9.25. The molecule has 168 valence electrons. The molecule has 8 nitrogen and oxygen atoms in total. The lowest BCUT2D eigenvalue weighted by molar-refractivity contribution is -0.202. The third kappa shape index (κ3) is 5.10. The fourth-order valence-corrected chi connectivity index (χ4v) is 5.42. The third-order valence-corrected chi connectivity index (χ3v) is 6.60. The van der Waals surface area contributed by atoms with Gasteiger partial charge in [0.05, 0.1) is 19.1 Å². The van der Waals surface area contributed by atoms with Gasteiger partial charge in [0.2, 0.25) is 5.91 Å². The van der Waals surface area contributed by atoms with Gasteiger partial charge in [0.25, 0.3) is 0 Å². The monoisotopic (exact) mass is 412 g/mol. The second-order valence-electron chi connectivity index (χ2n) is 9.25. The number of hydrogen-bond acceptors (Lipinski definition) is 6. The Hall–Kier alpha value is -1.22. The molecule has 3 rings (SSSR count). The number of fused-ring (bicyclic) bond motifs is 1. The Morgan fingerprint density at radius 3 is 2.62 bits per heavy atom. The molecule has 3 fully saturated rings. The first kappa shape index (κ1) is 22.5. The molecule has 8 heteroatoms. The summed E-state index contributed by atoms with van der Waals surface area (Å²) in [6, 6.07) is 0.147. The lowest BCUT2D eigenvalue weighted by Crippen LogP contribution is -2.57. The lowest BCUT2D eigenvalue weighted by Gasteiger charge is -2.49. The number of hydrogen-bond donors (Lipinski definition) is 1. The van der Waals surface area contributed by atoms with Crippen molar-refractivity contribution in [3.05, 3.63) is 0 Å². The van der Waals surface area contributed by atoms with Crippen molar-refractivity contribution in [1.82, 2.24) is 20.0 Å². The molecule has 29 heavy (non-hydrogen) atoms. The molecular weight excluding hydrogens is 372 g/mol. The van der Waals surface area contributed by atoms with Crippen molar-refractivity contribution in [2.75, 3.05) is 54.0 Å². The molecule has 1 saturated carbocycles. The minimum atomic E-state index is -0.448. The number of likely N-dealkylation sites (N-methyl/N-ethyl adjacent to an activating group) is 1. The summed E-state index contributed by atoms with van der Waals surface area (Å²) in [5.74, 6) is -0.340. The van der Waals surface area contributed by atoms with E-state index in [1.54, 1.807) is 0 Å². The maximum absolute atomic E-state index is 13.3. The van der Waals surface area contributed by atoms with Crippen molar-refractivity contribution in [3.63, 3.8) is 0 Å². The fourth-order valence-electron chi connectivity index (χ4n) is 5.42. The van der Waals surface area contributed by atoms with Crippen molar-refractivity contribution in [3.8, 4) is 0 Å². The summed E-state index contributed by atoms with van der Waals surface area (Å²) in [5, 5.41) is 2.96. The average molecular weight is 413 g/mol. The molecule has 0 bridgehead atoms. The first-order chi connectivity index (χ1) is 13.7. The number of imide groups is 1. The second kappa shape index (κ2) is 9.29. The molecule has 2 heterocycles. The molecule has 1 aliphatic carbocycles. The number of nitrogens with zero attached hydrogens (tertiary/aromatic N) is 3. The van der Waals surface area contributed by atoms with Gasteiger partial charge in [-0.25, -0.2) is 4.79 Å². The van der Waals surface area contributed by atoms with Crippen molar-refractivity contribution in [2.45, 2.75) is 57.4 Å². The summed E-state index contributed by atoms with van der Waals surface area (Å²) in [7, 11) is 6.03. The molecule has 1 spiro atoms. The maximum atomic E-state index is 13.3. The maximum Gasteiger partial charge on any atom is 0.324 e. The Balaban J connectivity index is 0.00000320. The summed E-state index contributed by atoms with van der Waals surface area (Å²) in [4.78, 5) is 31.7. The predicted octanol–water partition coefficient (Wildman–Crippen LogP) is 1.60. The van der Waals surface area contributed by atoms with Crippen LogP contribution in [0.2, 0.25) is 0 Å². The molecule has 2 aliphatic heterocycles. The topological polar surface area (TPSA) is 74.4 Å². The Labute approximate surface area is 176 Å². The highest BCUT2D eigenvalue weighted by molar-refractivity contribution is 5.95. The summed E-state index contributed by atoms with van der Waals surface area (Å²) in [5.41, 5.74) is 0. The van der Waals surface area contributed by atoms with Gasteiger partial charge in [0.1, 0.15) is 0 Å². The van der Waals surface area contributed by atoms with Gasteiger partial charge in [-0.15, -0.1) is 0 Å². The van der Waals surface area contributed by atoms with E-state index in [2.05, 4.69) is 17.3 Å². The number of ether oxygens (including phenoxy) is 2. The van der Waals surface area contributed by atoms with Crippen LogP contribution in [0.3, 0.4) is 0 Å². The smallest absolute Gasteiger partial charge is 0.324 e. The van der Waals surface area contributed by atoms with E-state index >= 15 is 0 Å². The van der Waals surface area contributed by atoms with Gasteiger partial charge in [-0.2, -0.15) is 0 Å². The van der Waals surface area contributed by atoms with Crippen LogP contribution in [0.25, 0.3) is 0 Å². The number of rotatable bonds is 5. The summed E-state index contributed by atoms with van der Waals surface area (Å²) in [6.07, 6.45) is 3.58. The van der Waals surface area contributed by atoms with Crippen molar-refractivity contribution in [2.24, 2.45) is 11.8 Å². The molecule has 3 amide bonds. The van der Waals surface area contributed by atoms with E-state index in [1.807, 2.05) is 32.8 Å². The Kier molecular flexibility index (Phi) is 7.19. The SMILES string of the molecule is CCN(C(=O)N[C@@H](C)CN(C)C)C(=O)[C@@H]1C[C@@H]2CC3(CC[C@H]2N(C)C1)OCCO3.[HH]. The van der Waals surface area contributed by atoms with Crippen LogP contribution in [-0.2, 0) is 14.3 Å². The number of amides is 3. The van der Waals surface area contributed by atoms with E-state index in [1.165, 1.54) is 4.90 Å². The largest absolute Gasteiger partial charge is 0.348 e. The van der Waals surface area contributed by atoms with E-state index < -0.39 is 5.79 Å². The predicted molar refractivity (Wildman–Crippen MR) is 113 cm³/mol. The van der Waals surface area contributed by atoms with Crippen molar-refractivity contribution in [1.29, 1.82) is 0 Å². The van der Waals surface area contributed by atoms with Gasteiger partial charge < -0.3 is 24.6 Å². The standard InChI is InChI=1S/C21H38N4O4.H2/c1-6-25(20(27)22-15(2)13-23(3)4)19(26)17-11-16-12-21(28-9-10-29-21)8-7-18(16)24(5)14-17;/h15-18H,6-14H2,1-5H3,(H,22,27);1H/t15-,16+,17+,18+;/m0./s1. The fraction of sp³-hybridized carbons (Fsp3) is 0.905. The number of carbonyl (C=O) groups excluding carboxylic acids is 2. The Morgan fingerprint density at radius 2 is 2.00 bits per heavy atom. The van der Waals surface area contributed by atoms with Crippen LogP contribution in [0.4, 0.5) is 4.79 Å². The summed E-state index contributed by atoms with van der Waals surface area (Å²) >= 11 is 0. The Bertz CT molecular complexity index is 600. The normalized spacial score (nSPS) is 30.2. The zero-order chi connectivity index (χ0) is 21.2. The quantitative estimate of drug-likeness (QED) is 0.739. The van der Waals surface area contributed by atoms with Crippen LogP contribution in [0.1, 0.15) is 41.0 Å². The molecule has 4 atom stereocenters. The zero-order valence-electron chi connectivity index (χ0n) is 18.6. The van der Waals surface area contributed by atoms with Gasteiger partial charge in [-0.1, -0.05) is 0 Å². The van der Waals surface area contributed by atoms with Crippen LogP contribution < -0.4 is 5.32 Å². The van der Waals surface area contributed by atoms with Gasteiger partial charge in [0.15, 0.2) is 5.79 Å². The number of nitrogens with one attached hydrogen (secondary N) is 1. The average Bonchev–Trinajstić information content (AvgIpc) is 3.08. The van der Waals surface area contributed by atoms with E-state index in [4.69, 9.17) is 9.47 Å². The van der Waals surface area contributed by atoms with E-state index in [0.29, 0.717) is 38.3 Å². The number of urea groups is 1. The highest BCUT2D eigenvalue weighted by atomic mass is 16.7. The molecule has 1 N–H and O–H groups in total. The first-order valence-electron chi connectivity index (χ1n) is 11.0. The van der Waals surface area contributed by atoms with Gasteiger partial charge in [-0.3, -0.25) is 9.69 Å². The summed E-state index contributed by atoms with van der Waals surface area (Å²) < 4.78 is 11.9. The molecule has 0 aromatic rings. The van der Waals surface area contributed by atoms with E-state index in [0.717, 1.165) is 32.2 Å². The van der Waals surface area contributed by atoms with E-state index in [-0.39, 0.29) is 25.3 Å². The number of likely N-dealkylation sites (tertiary alicyclic amines) is 1.